The summed E-state index contributed by atoms with van der Waals surface area (Å²) in [7, 11) is 3.13. The number of hydrogen-bond acceptors (Lipinski definition) is 7. The summed E-state index contributed by atoms with van der Waals surface area (Å²) in [5.41, 5.74) is 2.43. The number of morpholine rings is 1. The van der Waals surface area contributed by atoms with Crippen molar-refractivity contribution in [2.45, 2.75) is 10.9 Å². The molecule has 2 heterocycles. The number of rotatable bonds is 7. The Balaban J connectivity index is 1.63. The van der Waals surface area contributed by atoms with E-state index < -0.39 is 0 Å². The predicted octanol–water partition coefficient (Wildman–Crippen LogP) is 4.17. The number of methoxy groups -OCH3 is 2. The second kappa shape index (κ2) is 11.1. The summed E-state index contributed by atoms with van der Waals surface area (Å²) in [6.07, 6.45) is 0. The minimum atomic E-state index is -0.235. The van der Waals surface area contributed by atoms with Crippen LogP contribution in [-0.4, -0.2) is 60.9 Å². The molecule has 0 N–H and O–H groups in total. The maximum absolute atomic E-state index is 13.9. The van der Waals surface area contributed by atoms with Crippen molar-refractivity contribution in [3.8, 4) is 17.2 Å². The van der Waals surface area contributed by atoms with E-state index >= 15 is 0 Å². The van der Waals surface area contributed by atoms with Gasteiger partial charge in [0.25, 0.3) is 11.5 Å². The predicted molar refractivity (Wildman–Crippen MR) is 143 cm³/mol. The Morgan fingerprint density at radius 3 is 2.35 bits per heavy atom. The normalized spacial score (nSPS) is 13.5. The molecule has 0 atom stereocenters. The van der Waals surface area contributed by atoms with Gasteiger partial charge in [0, 0.05) is 42.6 Å². The molecule has 3 aromatic carbocycles. The second-order valence-electron chi connectivity index (χ2n) is 8.52. The van der Waals surface area contributed by atoms with Crippen molar-refractivity contribution in [2.75, 3.05) is 40.5 Å². The number of benzene rings is 3. The fraction of sp³-hybridized carbons (Fsp3) is 0.250. The highest BCUT2D eigenvalue weighted by atomic mass is 32.2. The molecular weight excluding hydrogens is 490 g/mol. The zero-order valence-electron chi connectivity index (χ0n) is 20.7. The molecule has 1 aliphatic rings. The van der Waals surface area contributed by atoms with E-state index in [9.17, 15) is 9.59 Å². The molecule has 0 saturated carbocycles. The zero-order chi connectivity index (χ0) is 25.8. The molecule has 4 aromatic rings. The fourth-order valence-corrected chi connectivity index (χ4v) is 5.18. The van der Waals surface area contributed by atoms with Gasteiger partial charge in [0.2, 0.25) is 0 Å². The molecule has 1 aromatic heterocycles. The highest BCUT2D eigenvalue weighted by molar-refractivity contribution is 7.98. The third-order valence-corrected chi connectivity index (χ3v) is 7.20. The molecule has 0 radical (unpaired) electrons. The van der Waals surface area contributed by atoms with E-state index in [4.69, 9.17) is 19.2 Å². The lowest BCUT2D eigenvalue weighted by atomic mass is 10.1. The van der Waals surface area contributed by atoms with Crippen LogP contribution in [0.2, 0.25) is 0 Å². The minimum Gasteiger partial charge on any atom is -0.497 e. The molecule has 5 rings (SSSR count). The zero-order valence-corrected chi connectivity index (χ0v) is 21.5. The highest BCUT2D eigenvalue weighted by Crippen LogP contribution is 2.29. The van der Waals surface area contributed by atoms with Crippen LogP contribution in [0.1, 0.15) is 15.9 Å². The summed E-state index contributed by atoms with van der Waals surface area (Å²) >= 11 is 1.45. The second-order valence-corrected chi connectivity index (χ2v) is 9.46. The molecule has 1 amide bonds. The average Bonchev–Trinajstić information content (AvgIpc) is 2.96. The van der Waals surface area contributed by atoms with Crippen LogP contribution in [0.25, 0.3) is 16.6 Å². The van der Waals surface area contributed by atoms with Crippen molar-refractivity contribution in [2.24, 2.45) is 0 Å². The van der Waals surface area contributed by atoms with Gasteiger partial charge in [-0.25, -0.2) is 4.98 Å². The number of carbonyl (C=O) groups excluding carboxylic acids is 1. The van der Waals surface area contributed by atoms with Gasteiger partial charge in [-0.15, -0.1) is 0 Å². The molecular formula is C28H27N3O5S. The van der Waals surface area contributed by atoms with E-state index in [1.807, 2.05) is 30.3 Å². The quantitative estimate of drug-likeness (QED) is 0.269. The number of carbonyl (C=O) groups is 1. The molecule has 1 saturated heterocycles. The van der Waals surface area contributed by atoms with Crippen molar-refractivity contribution >= 4 is 28.6 Å². The largest absolute Gasteiger partial charge is 0.497 e. The van der Waals surface area contributed by atoms with Crippen LogP contribution in [-0.2, 0) is 10.5 Å². The van der Waals surface area contributed by atoms with Crippen molar-refractivity contribution in [1.82, 2.24) is 14.5 Å². The number of ether oxygens (including phenoxy) is 3. The van der Waals surface area contributed by atoms with Crippen LogP contribution in [0, 0.1) is 0 Å². The molecule has 190 valence electrons. The Hall–Kier alpha value is -3.82. The first-order valence-corrected chi connectivity index (χ1v) is 12.9. The van der Waals surface area contributed by atoms with Gasteiger partial charge < -0.3 is 19.1 Å². The molecule has 9 heteroatoms. The lowest BCUT2D eigenvalue weighted by molar-refractivity contribution is 0.0303. The SMILES string of the molecule is COc1cc(OC)cc(-n2c(SCc3ccccc3)nc3cc(C(=O)N4CCOCC4)ccc3c2=O)c1. The van der Waals surface area contributed by atoms with E-state index in [1.54, 1.807) is 60.1 Å². The van der Waals surface area contributed by atoms with Crippen LogP contribution in [0.5, 0.6) is 11.5 Å². The molecule has 0 bridgehead atoms. The first-order chi connectivity index (χ1) is 18.1. The third-order valence-electron chi connectivity index (χ3n) is 6.19. The Bertz CT molecular complexity index is 1460. The lowest BCUT2D eigenvalue weighted by Gasteiger charge is -2.26. The standard InChI is InChI=1S/C28H27N3O5S/c1-34-22-15-21(16-23(17-22)35-2)31-27(33)24-9-8-20(26(32)30-10-12-36-13-11-30)14-25(24)29-28(31)37-18-19-6-4-3-5-7-19/h3-9,14-17H,10-13,18H2,1-2H3. The fourth-order valence-electron chi connectivity index (χ4n) is 4.22. The van der Waals surface area contributed by atoms with Gasteiger partial charge in [-0.2, -0.15) is 0 Å². The van der Waals surface area contributed by atoms with Gasteiger partial charge in [-0.1, -0.05) is 42.1 Å². The Morgan fingerprint density at radius 1 is 0.973 bits per heavy atom. The van der Waals surface area contributed by atoms with Gasteiger partial charge >= 0.3 is 0 Å². The lowest BCUT2D eigenvalue weighted by Crippen LogP contribution is -2.40. The summed E-state index contributed by atoms with van der Waals surface area (Å²) < 4.78 is 17.8. The number of hydrogen-bond donors (Lipinski definition) is 0. The summed E-state index contributed by atoms with van der Waals surface area (Å²) in [4.78, 5) is 33.6. The smallest absolute Gasteiger partial charge is 0.266 e. The number of aromatic nitrogens is 2. The van der Waals surface area contributed by atoms with Gasteiger partial charge in [0.15, 0.2) is 5.16 Å². The average molecular weight is 518 g/mol. The van der Waals surface area contributed by atoms with Crippen molar-refractivity contribution in [1.29, 1.82) is 0 Å². The van der Waals surface area contributed by atoms with Gasteiger partial charge in [-0.3, -0.25) is 14.2 Å². The van der Waals surface area contributed by atoms with E-state index in [0.29, 0.717) is 70.9 Å². The molecule has 37 heavy (non-hydrogen) atoms. The van der Waals surface area contributed by atoms with E-state index in [0.717, 1.165) is 5.56 Å². The summed E-state index contributed by atoms with van der Waals surface area (Å²) in [5, 5.41) is 0.928. The van der Waals surface area contributed by atoms with Crippen molar-refractivity contribution in [3.63, 3.8) is 0 Å². The summed E-state index contributed by atoms with van der Waals surface area (Å²) in [5.74, 6) is 1.65. The Labute approximate surface area is 218 Å². The monoisotopic (exact) mass is 517 g/mol. The topological polar surface area (TPSA) is 82.9 Å². The third kappa shape index (κ3) is 5.33. The number of fused-ring (bicyclic) bond motifs is 1. The first-order valence-electron chi connectivity index (χ1n) is 11.9. The molecule has 1 aliphatic heterocycles. The van der Waals surface area contributed by atoms with Crippen LogP contribution in [0.15, 0.2) is 76.7 Å². The van der Waals surface area contributed by atoms with E-state index in [-0.39, 0.29) is 11.5 Å². The van der Waals surface area contributed by atoms with Gasteiger partial charge in [0.1, 0.15) is 11.5 Å². The first kappa shape index (κ1) is 24.9. The maximum Gasteiger partial charge on any atom is 0.266 e. The van der Waals surface area contributed by atoms with Crippen LogP contribution in [0.4, 0.5) is 0 Å². The molecule has 8 nitrogen and oxygen atoms in total. The summed E-state index contributed by atoms with van der Waals surface area (Å²) in [6.45, 7) is 2.13. The van der Waals surface area contributed by atoms with Crippen molar-refractivity contribution in [3.05, 3.63) is 88.2 Å². The van der Waals surface area contributed by atoms with Gasteiger partial charge in [0.05, 0.1) is 44.0 Å². The van der Waals surface area contributed by atoms with Crippen LogP contribution < -0.4 is 15.0 Å². The van der Waals surface area contributed by atoms with Crippen LogP contribution >= 0.6 is 11.8 Å². The van der Waals surface area contributed by atoms with Crippen LogP contribution in [0.3, 0.4) is 0 Å². The molecule has 1 fully saturated rings. The van der Waals surface area contributed by atoms with Gasteiger partial charge in [-0.05, 0) is 23.8 Å². The highest BCUT2D eigenvalue weighted by Gasteiger charge is 2.21. The Kier molecular flexibility index (Phi) is 7.43. The molecule has 0 spiro atoms. The van der Waals surface area contributed by atoms with E-state index in [2.05, 4.69) is 0 Å². The Morgan fingerprint density at radius 2 is 1.68 bits per heavy atom. The number of nitrogens with zero attached hydrogens (tertiary/aromatic N) is 3. The van der Waals surface area contributed by atoms with E-state index in [1.165, 1.54) is 11.8 Å². The van der Waals surface area contributed by atoms with Crippen molar-refractivity contribution < 1.29 is 19.0 Å². The summed E-state index contributed by atoms with van der Waals surface area (Å²) in [6, 6.07) is 20.4. The molecule has 0 aliphatic carbocycles. The number of amides is 1. The molecule has 0 unspecified atom stereocenters. The minimum absolute atomic E-state index is 0.0906. The number of thioether (sulfide) groups is 1. The maximum atomic E-state index is 13.9.